The molecule has 1 atom stereocenters. The van der Waals surface area contributed by atoms with Crippen LogP contribution < -0.4 is 0 Å². The highest BCUT2D eigenvalue weighted by atomic mass is 32.2. The van der Waals surface area contributed by atoms with Gasteiger partial charge in [-0.05, 0) is 39.3 Å². The standard InChI is InChI=1S/C23H28N4O7S2/c1-6-12-33-27(36(31,32)20-10-8-7-9-18(20)26(29)30)19-15-25(22(28)34-23(3,4)5)14-17(16(19)2)21-24-11-13-35-21/h6-11,13,19H,1,12,14-15H2,2-5H3. The number of ether oxygens (including phenoxy) is 1. The number of para-hydroxylation sites is 1. The first-order valence-electron chi connectivity index (χ1n) is 11.0. The molecular formula is C23H28N4O7S2. The molecule has 0 N–H and O–H groups in total. The van der Waals surface area contributed by atoms with Crippen molar-refractivity contribution in [1.29, 1.82) is 0 Å². The Morgan fingerprint density at radius 3 is 2.67 bits per heavy atom. The van der Waals surface area contributed by atoms with E-state index in [1.54, 1.807) is 39.3 Å². The van der Waals surface area contributed by atoms with Crippen molar-refractivity contribution >= 4 is 38.7 Å². The number of thiazole rings is 1. The Balaban J connectivity index is 2.15. The lowest BCUT2D eigenvalue weighted by atomic mass is 9.98. The summed E-state index contributed by atoms with van der Waals surface area (Å²) in [5, 5.41) is 14.0. The molecule has 0 aliphatic carbocycles. The molecule has 2 heterocycles. The van der Waals surface area contributed by atoms with Crippen LogP contribution in [0.4, 0.5) is 10.5 Å². The van der Waals surface area contributed by atoms with Crippen molar-refractivity contribution in [1.82, 2.24) is 14.4 Å². The first kappa shape index (κ1) is 27.5. The third-order valence-electron chi connectivity index (χ3n) is 5.21. The highest BCUT2D eigenvalue weighted by molar-refractivity contribution is 7.89. The number of sulfonamides is 1. The number of hydrogen-bond acceptors (Lipinski definition) is 9. The molecule has 11 nitrogen and oxygen atoms in total. The van der Waals surface area contributed by atoms with Gasteiger partial charge in [-0.1, -0.05) is 22.7 Å². The van der Waals surface area contributed by atoms with Crippen LogP contribution in [0.5, 0.6) is 0 Å². The highest BCUT2D eigenvalue weighted by Gasteiger charge is 2.43. The van der Waals surface area contributed by atoms with Crippen molar-refractivity contribution in [3.63, 3.8) is 0 Å². The maximum absolute atomic E-state index is 13.8. The van der Waals surface area contributed by atoms with E-state index in [4.69, 9.17) is 9.57 Å². The molecule has 2 aromatic rings. The average Bonchev–Trinajstić information content (AvgIpc) is 3.33. The van der Waals surface area contributed by atoms with E-state index in [-0.39, 0.29) is 19.7 Å². The topological polar surface area (TPSA) is 132 Å². The van der Waals surface area contributed by atoms with E-state index in [0.29, 0.717) is 16.2 Å². The van der Waals surface area contributed by atoms with Crippen LogP contribution in [-0.2, 0) is 19.6 Å². The van der Waals surface area contributed by atoms with Crippen molar-refractivity contribution in [2.45, 2.75) is 44.2 Å². The highest BCUT2D eigenvalue weighted by Crippen LogP contribution is 2.35. The largest absolute Gasteiger partial charge is 0.444 e. The zero-order chi connectivity index (χ0) is 26.7. The molecule has 1 aromatic carbocycles. The van der Waals surface area contributed by atoms with E-state index in [9.17, 15) is 23.3 Å². The number of nitro benzene ring substituents is 1. The van der Waals surface area contributed by atoms with Crippen molar-refractivity contribution in [3.05, 3.63) is 69.2 Å². The van der Waals surface area contributed by atoms with Gasteiger partial charge in [-0.25, -0.2) is 18.2 Å². The fourth-order valence-electron chi connectivity index (χ4n) is 3.60. The van der Waals surface area contributed by atoms with Crippen LogP contribution >= 0.6 is 11.3 Å². The number of aromatic nitrogens is 1. The molecule has 0 bridgehead atoms. The molecule has 194 valence electrons. The van der Waals surface area contributed by atoms with Gasteiger partial charge >= 0.3 is 6.09 Å². The molecule has 0 radical (unpaired) electrons. The predicted molar refractivity (Wildman–Crippen MR) is 135 cm³/mol. The van der Waals surface area contributed by atoms with Crippen LogP contribution in [-0.4, -0.2) is 65.1 Å². The number of hydrogen-bond donors (Lipinski definition) is 0. The maximum Gasteiger partial charge on any atom is 0.410 e. The van der Waals surface area contributed by atoms with E-state index in [2.05, 4.69) is 11.6 Å². The SMILES string of the molecule is C=CCON(C1CN(C(=O)OC(C)(C)C)CC(c2nccs2)=C1C)S(=O)(=O)c1ccccc1[N+](=O)[O-]. The summed E-state index contributed by atoms with van der Waals surface area (Å²) in [6.07, 6.45) is 2.33. The summed E-state index contributed by atoms with van der Waals surface area (Å²) in [4.78, 5) is 34.7. The molecule has 3 rings (SSSR count). The van der Waals surface area contributed by atoms with Crippen LogP contribution in [0.25, 0.3) is 5.57 Å². The summed E-state index contributed by atoms with van der Waals surface area (Å²) < 4.78 is 33.9. The number of nitrogens with zero attached hydrogens (tertiary/aromatic N) is 4. The van der Waals surface area contributed by atoms with Gasteiger partial charge in [0.25, 0.3) is 15.7 Å². The number of rotatable bonds is 8. The third kappa shape index (κ3) is 5.98. The lowest BCUT2D eigenvalue weighted by Crippen LogP contribution is -2.53. The number of nitro groups is 1. The van der Waals surface area contributed by atoms with Crippen LogP contribution in [0, 0.1) is 10.1 Å². The summed E-state index contributed by atoms with van der Waals surface area (Å²) in [6, 6.07) is 4.00. The molecule has 13 heteroatoms. The van der Waals surface area contributed by atoms with Crippen LogP contribution in [0.1, 0.15) is 32.7 Å². The first-order valence-corrected chi connectivity index (χ1v) is 13.3. The number of benzene rings is 1. The summed E-state index contributed by atoms with van der Waals surface area (Å²) in [5.41, 5.74) is -0.140. The van der Waals surface area contributed by atoms with Crippen LogP contribution in [0.15, 0.2) is 59.0 Å². The molecule has 1 unspecified atom stereocenters. The Morgan fingerprint density at radius 1 is 1.39 bits per heavy atom. The van der Waals surface area contributed by atoms with Gasteiger partial charge in [-0.15, -0.1) is 17.9 Å². The van der Waals surface area contributed by atoms with E-state index in [1.165, 1.54) is 34.4 Å². The van der Waals surface area contributed by atoms with Gasteiger partial charge in [0.05, 0.1) is 24.1 Å². The third-order valence-corrected chi connectivity index (χ3v) is 7.78. The Hall–Kier alpha value is -3.13. The quantitative estimate of drug-likeness (QED) is 0.278. The van der Waals surface area contributed by atoms with Crippen LogP contribution in [0.2, 0.25) is 0 Å². The number of amides is 1. The van der Waals surface area contributed by atoms with Crippen molar-refractivity contribution in [2.75, 3.05) is 19.7 Å². The summed E-state index contributed by atoms with van der Waals surface area (Å²) >= 11 is 1.34. The number of carbonyl (C=O) groups is 1. The van der Waals surface area contributed by atoms with E-state index < -0.39 is 43.3 Å². The van der Waals surface area contributed by atoms with Crippen molar-refractivity contribution in [3.8, 4) is 0 Å². The second-order valence-electron chi connectivity index (χ2n) is 8.95. The van der Waals surface area contributed by atoms with Gasteiger partial charge in [0, 0.05) is 29.8 Å². The Morgan fingerprint density at radius 2 is 2.08 bits per heavy atom. The zero-order valence-corrected chi connectivity index (χ0v) is 22.0. The van der Waals surface area contributed by atoms with Gasteiger partial charge < -0.3 is 9.64 Å². The second kappa shape index (κ2) is 10.9. The van der Waals surface area contributed by atoms with Crippen molar-refractivity contribution in [2.24, 2.45) is 0 Å². The molecule has 0 fully saturated rings. The molecule has 0 saturated carbocycles. The van der Waals surface area contributed by atoms with Gasteiger partial charge in [0.15, 0.2) is 4.90 Å². The van der Waals surface area contributed by atoms with Gasteiger partial charge in [-0.2, -0.15) is 0 Å². The summed E-state index contributed by atoms with van der Waals surface area (Å²) in [5.74, 6) is 0. The normalized spacial score (nSPS) is 16.8. The molecule has 1 amide bonds. The molecule has 1 aliphatic rings. The van der Waals surface area contributed by atoms with Gasteiger partial charge in [-0.3, -0.25) is 15.0 Å². The molecule has 1 aromatic heterocycles. The first-order chi connectivity index (χ1) is 16.9. The minimum Gasteiger partial charge on any atom is -0.444 e. The Labute approximate surface area is 213 Å². The molecular weight excluding hydrogens is 508 g/mol. The zero-order valence-electron chi connectivity index (χ0n) is 20.4. The summed E-state index contributed by atoms with van der Waals surface area (Å²) in [6.45, 7) is 10.3. The van der Waals surface area contributed by atoms with E-state index in [1.807, 2.05) is 0 Å². The molecule has 0 saturated heterocycles. The second-order valence-corrected chi connectivity index (χ2v) is 11.6. The van der Waals surface area contributed by atoms with Gasteiger partial charge in [0.2, 0.25) is 0 Å². The monoisotopic (exact) mass is 536 g/mol. The molecule has 36 heavy (non-hydrogen) atoms. The maximum atomic E-state index is 13.8. The average molecular weight is 537 g/mol. The Kier molecular flexibility index (Phi) is 8.29. The number of carbonyl (C=O) groups excluding carboxylic acids is 1. The minimum absolute atomic E-state index is 0.105. The fourth-order valence-corrected chi connectivity index (χ4v) is 5.95. The smallest absolute Gasteiger partial charge is 0.410 e. The minimum atomic E-state index is -4.57. The Bertz CT molecular complexity index is 1270. The van der Waals surface area contributed by atoms with Crippen LogP contribution in [0.3, 0.4) is 0 Å². The van der Waals surface area contributed by atoms with E-state index >= 15 is 0 Å². The summed E-state index contributed by atoms with van der Waals surface area (Å²) in [7, 11) is -4.57. The predicted octanol–water partition coefficient (Wildman–Crippen LogP) is 4.25. The van der Waals surface area contributed by atoms with Crippen molar-refractivity contribution < 1.29 is 27.7 Å². The van der Waals surface area contributed by atoms with E-state index in [0.717, 1.165) is 16.6 Å². The molecule has 1 aliphatic heterocycles. The lowest BCUT2D eigenvalue weighted by molar-refractivity contribution is -0.388. The number of hydroxylamine groups is 1. The van der Waals surface area contributed by atoms with Gasteiger partial charge in [0.1, 0.15) is 10.6 Å². The fraction of sp³-hybridized carbons (Fsp3) is 0.391. The molecule has 0 spiro atoms. The lowest BCUT2D eigenvalue weighted by Gasteiger charge is -2.39.